The number of fused-ring (bicyclic) bond motifs is 4. The molecule has 6 nitrogen and oxygen atoms in total. The first kappa shape index (κ1) is 29.6. The molecule has 0 saturated heterocycles. The predicted octanol–water partition coefficient (Wildman–Crippen LogP) is 6.78. The van der Waals surface area contributed by atoms with Gasteiger partial charge in [-0.15, -0.1) is 0 Å². The van der Waals surface area contributed by atoms with E-state index in [1.807, 2.05) is 6.08 Å². The van der Waals surface area contributed by atoms with Crippen LogP contribution in [0.2, 0.25) is 0 Å². The van der Waals surface area contributed by atoms with Crippen LogP contribution in [0.15, 0.2) is 22.8 Å². The van der Waals surface area contributed by atoms with Gasteiger partial charge in [0, 0.05) is 11.2 Å². The first-order chi connectivity index (χ1) is 18.2. The minimum Gasteiger partial charge on any atom is -0.393 e. The molecule has 0 aromatic carbocycles. The van der Waals surface area contributed by atoms with E-state index in [0.717, 1.165) is 44.9 Å². The molecule has 4 rings (SSSR count). The zero-order chi connectivity index (χ0) is 27.3. The van der Waals surface area contributed by atoms with Crippen molar-refractivity contribution in [2.45, 2.75) is 122 Å². The Labute approximate surface area is 230 Å². The number of hydrogen-bond donors (Lipinski definition) is 1. The Morgan fingerprint density at radius 3 is 2.32 bits per heavy atom. The van der Waals surface area contributed by atoms with Crippen LogP contribution in [0.5, 0.6) is 0 Å². The van der Waals surface area contributed by atoms with Gasteiger partial charge in [-0.05, 0) is 91.8 Å². The van der Waals surface area contributed by atoms with Gasteiger partial charge < -0.3 is 5.11 Å². The van der Waals surface area contributed by atoms with Crippen molar-refractivity contribution in [3.63, 3.8) is 0 Å². The number of carbonyl (C=O) groups excluding carboxylic acids is 2. The fraction of sp³-hybridized carbons (Fsp3) is 0.812. The molecule has 0 unspecified atom stereocenters. The van der Waals surface area contributed by atoms with Crippen molar-refractivity contribution in [1.82, 2.24) is 0 Å². The number of amides is 1. The maximum Gasteiger partial charge on any atom is 0.378 e. The highest BCUT2D eigenvalue weighted by Gasteiger charge is 2.55. The van der Waals surface area contributed by atoms with E-state index in [-0.39, 0.29) is 17.4 Å². The quantitative estimate of drug-likeness (QED) is 0.161. The third-order valence-electron chi connectivity index (χ3n) is 10.6. The zero-order valence-electron chi connectivity index (χ0n) is 24.4. The molecule has 0 aliphatic heterocycles. The fourth-order valence-electron chi connectivity index (χ4n) is 8.27. The van der Waals surface area contributed by atoms with E-state index >= 15 is 0 Å². The van der Waals surface area contributed by atoms with Gasteiger partial charge in [0.15, 0.2) is 5.78 Å². The molecule has 1 amide bonds. The Morgan fingerprint density at radius 2 is 1.63 bits per heavy atom. The van der Waals surface area contributed by atoms with Crippen LogP contribution in [0.4, 0.5) is 0 Å². The van der Waals surface area contributed by atoms with Crippen molar-refractivity contribution < 1.29 is 29.2 Å². The molecular weight excluding hydrogens is 478 g/mol. The summed E-state index contributed by atoms with van der Waals surface area (Å²) in [6, 6.07) is 0. The van der Waals surface area contributed by atoms with Gasteiger partial charge >= 0.3 is 5.91 Å². The maximum absolute atomic E-state index is 12.2. The fourth-order valence-corrected chi connectivity index (χ4v) is 8.27. The van der Waals surface area contributed by atoms with Gasteiger partial charge in [0.25, 0.3) is 0 Å². The van der Waals surface area contributed by atoms with E-state index < -0.39 is 4.81 Å². The molecule has 0 aromatic rings. The highest BCUT2D eigenvalue weighted by molar-refractivity contribution is 5.93. The van der Waals surface area contributed by atoms with Gasteiger partial charge in [0.1, 0.15) is 21.3 Å². The number of aliphatic hydroxyl groups is 1. The molecular formula is C32H52NO5+. The maximum atomic E-state index is 12.2. The highest BCUT2D eigenvalue weighted by atomic mass is 17.0. The Bertz CT molecular complexity index is 919. The largest absolute Gasteiger partial charge is 0.393 e. The summed E-state index contributed by atoms with van der Waals surface area (Å²) in [5, 5.41) is 11.0. The van der Waals surface area contributed by atoms with Crippen LogP contribution in [0.3, 0.4) is 0 Å². The molecule has 0 radical (unpaired) electrons. The van der Waals surface area contributed by atoms with Crippen LogP contribution in [0, 0.1) is 23.2 Å². The average molecular weight is 531 g/mol. The molecule has 0 aromatic heterocycles. The lowest BCUT2D eigenvalue weighted by atomic mass is 9.53. The standard InChI is InChI=1S/C32H52NO5/c1-32-22-24(13-11-9-7-5-6-8-10-12-14-30(36)33(2,37-3)38-4)31-26-18-16-25(34)21-23(26)15-17-27(31)28(32)19-20-29(32)35/h21,24,27-29,35H,5-20,22H2,1-4H3/q+1/t24-,27-,28-,29-,32-/m0/s1. The smallest absolute Gasteiger partial charge is 0.378 e. The number of unbranched alkanes of at least 4 members (excludes halogenated alkanes) is 7. The second-order valence-corrected chi connectivity index (χ2v) is 12.8. The van der Waals surface area contributed by atoms with Gasteiger partial charge in [-0.2, -0.15) is 9.68 Å². The van der Waals surface area contributed by atoms with Gasteiger partial charge in [-0.3, -0.25) is 4.79 Å². The van der Waals surface area contributed by atoms with Crippen molar-refractivity contribution in [2.75, 3.05) is 21.3 Å². The number of rotatable bonds is 13. The molecule has 6 heteroatoms. The molecule has 0 heterocycles. The first-order valence-corrected chi connectivity index (χ1v) is 15.4. The summed E-state index contributed by atoms with van der Waals surface area (Å²) in [7, 11) is 4.60. The highest BCUT2D eigenvalue weighted by Crippen LogP contribution is 2.62. The van der Waals surface area contributed by atoms with Crippen LogP contribution >= 0.6 is 0 Å². The van der Waals surface area contributed by atoms with E-state index in [1.165, 1.54) is 71.2 Å². The van der Waals surface area contributed by atoms with E-state index in [4.69, 9.17) is 9.68 Å². The number of allylic oxidation sites excluding steroid dienone is 4. The van der Waals surface area contributed by atoms with Gasteiger partial charge in [0.2, 0.25) is 0 Å². The summed E-state index contributed by atoms with van der Waals surface area (Å²) in [4.78, 5) is 34.2. The van der Waals surface area contributed by atoms with E-state index in [9.17, 15) is 14.7 Å². The molecule has 2 fully saturated rings. The monoisotopic (exact) mass is 530 g/mol. The Morgan fingerprint density at radius 1 is 0.974 bits per heavy atom. The molecule has 4 aliphatic rings. The molecule has 1 N–H and O–H groups in total. The van der Waals surface area contributed by atoms with Crippen molar-refractivity contribution in [3.05, 3.63) is 22.8 Å². The number of quaternary nitrogens is 1. The summed E-state index contributed by atoms with van der Waals surface area (Å²) < 4.78 is 0. The van der Waals surface area contributed by atoms with Crippen LogP contribution in [-0.2, 0) is 19.3 Å². The lowest BCUT2D eigenvalue weighted by molar-refractivity contribution is -1.17. The normalized spacial score (nSPS) is 31.1. The molecule has 2 saturated carbocycles. The predicted molar refractivity (Wildman–Crippen MR) is 148 cm³/mol. The minimum absolute atomic E-state index is 0.0401. The molecule has 5 atom stereocenters. The number of nitrogens with zero attached hydrogens (tertiary/aromatic N) is 1. The van der Waals surface area contributed by atoms with Crippen molar-refractivity contribution in [2.24, 2.45) is 23.2 Å². The molecule has 0 bridgehead atoms. The van der Waals surface area contributed by atoms with Gasteiger partial charge in [-0.1, -0.05) is 57.4 Å². The number of hydroxylamine groups is 4. The number of ketones is 1. The first-order valence-electron chi connectivity index (χ1n) is 15.4. The minimum atomic E-state index is -0.422. The summed E-state index contributed by atoms with van der Waals surface area (Å²) in [5.41, 5.74) is 4.66. The summed E-state index contributed by atoms with van der Waals surface area (Å²) in [6.45, 7) is 2.37. The summed E-state index contributed by atoms with van der Waals surface area (Å²) >= 11 is 0. The van der Waals surface area contributed by atoms with Crippen molar-refractivity contribution >= 4 is 11.7 Å². The van der Waals surface area contributed by atoms with Gasteiger partial charge in [-0.25, -0.2) is 4.79 Å². The molecule has 38 heavy (non-hydrogen) atoms. The van der Waals surface area contributed by atoms with E-state index in [1.54, 1.807) is 18.2 Å². The Hall–Kier alpha value is -1.34. The Kier molecular flexibility index (Phi) is 10.0. The summed E-state index contributed by atoms with van der Waals surface area (Å²) in [6.07, 6.45) is 20.0. The van der Waals surface area contributed by atoms with Crippen LogP contribution < -0.4 is 0 Å². The SMILES string of the molecule is CO[N+](C)(OC)C(=O)CCCCCCCCCC[C@H]1C[C@]2(C)[C@@H](O)CC[C@H]2[C@@H]2CCC3=CC(=O)CCC3=C12. The second kappa shape index (κ2) is 12.9. The topological polar surface area (TPSA) is 72.8 Å². The average Bonchev–Trinajstić information content (AvgIpc) is 3.22. The number of hydrogen-bond acceptors (Lipinski definition) is 5. The second-order valence-electron chi connectivity index (χ2n) is 12.8. The lowest BCUT2D eigenvalue weighted by Gasteiger charge is -2.52. The third-order valence-corrected chi connectivity index (χ3v) is 10.6. The zero-order valence-corrected chi connectivity index (χ0v) is 24.4. The van der Waals surface area contributed by atoms with Crippen LogP contribution in [0.25, 0.3) is 0 Å². The molecule has 4 aliphatic carbocycles. The van der Waals surface area contributed by atoms with E-state index in [0.29, 0.717) is 36.4 Å². The van der Waals surface area contributed by atoms with Gasteiger partial charge in [0.05, 0.1) is 12.5 Å². The number of carbonyl (C=O) groups is 2. The lowest BCUT2D eigenvalue weighted by Crippen LogP contribution is -2.47. The third kappa shape index (κ3) is 6.19. The molecule has 0 spiro atoms. The van der Waals surface area contributed by atoms with Crippen LogP contribution in [0.1, 0.15) is 116 Å². The number of aliphatic hydroxyl groups excluding tert-OH is 1. The van der Waals surface area contributed by atoms with Crippen molar-refractivity contribution in [1.29, 1.82) is 0 Å². The van der Waals surface area contributed by atoms with Crippen molar-refractivity contribution in [3.8, 4) is 0 Å². The van der Waals surface area contributed by atoms with E-state index in [2.05, 4.69) is 6.92 Å². The summed E-state index contributed by atoms with van der Waals surface area (Å²) in [5.74, 6) is 2.07. The molecule has 214 valence electrons. The van der Waals surface area contributed by atoms with Crippen LogP contribution in [-0.4, -0.2) is 49.0 Å². The Balaban J connectivity index is 1.22.